The first kappa shape index (κ1) is 70.1. The number of carbonyl (C=O) groups is 2. The fraction of sp³-hybridized carbons (Fsp3) is 0.879. The Kier molecular flexibility index (Phi) is 60.0. The quantitative estimate of drug-likeness (QED) is 0.0320. The summed E-state index contributed by atoms with van der Waals surface area (Å²) >= 11 is 0. The summed E-state index contributed by atoms with van der Waals surface area (Å²) in [5, 5.41) is 23.2. The number of hydrogen-bond donors (Lipinski definition) is 3. The normalized spacial score (nSPS) is 12.8. The van der Waals surface area contributed by atoms with Gasteiger partial charge in [-0.25, -0.2) is 0 Å². The molecule has 0 bridgehead atoms. The third-order valence-electron chi connectivity index (χ3n) is 14.9. The van der Waals surface area contributed by atoms with Gasteiger partial charge in [-0.2, -0.15) is 0 Å². The summed E-state index contributed by atoms with van der Waals surface area (Å²) in [6.45, 7) is 4.88. The fourth-order valence-corrected chi connectivity index (χ4v) is 9.95. The van der Waals surface area contributed by atoms with Crippen LogP contribution in [0.1, 0.15) is 348 Å². The van der Waals surface area contributed by atoms with Gasteiger partial charge in [0.15, 0.2) is 0 Å². The van der Waals surface area contributed by atoms with Crippen LogP contribution in [0, 0.1) is 0 Å². The summed E-state index contributed by atoms with van der Waals surface area (Å²) in [6.07, 6.45) is 77.7. The highest BCUT2D eigenvalue weighted by molar-refractivity contribution is 5.76. The van der Waals surface area contributed by atoms with Crippen LogP contribution in [-0.2, 0) is 14.3 Å². The van der Waals surface area contributed by atoms with Crippen molar-refractivity contribution >= 4 is 11.9 Å². The minimum atomic E-state index is -0.843. The zero-order valence-corrected chi connectivity index (χ0v) is 48.4. The van der Waals surface area contributed by atoms with Crippen molar-refractivity contribution in [2.75, 3.05) is 13.2 Å². The Hall–Kier alpha value is -1.92. The van der Waals surface area contributed by atoms with Gasteiger partial charge in [0.2, 0.25) is 5.91 Å². The summed E-state index contributed by atoms with van der Waals surface area (Å²) in [5.74, 6) is -0.0631. The summed E-state index contributed by atoms with van der Waals surface area (Å²) in [4.78, 5) is 24.5. The highest BCUT2D eigenvalue weighted by atomic mass is 16.5. The lowest BCUT2D eigenvalue weighted by atomic mass is 10.0. The highest BCUT2D eigenvalue weighted by Gasteiger charge is 2.18. The molecule has 0 radical (unpaired) electrons. The second kappa shape index (κ2) is 61.6. The minimum Gasteiger partial charge on any atom is -0.466 e. The molecule has 0 rings (SSSR count). The van der Waals surface area contributed by atoms with Crippen LogP contribution < -0.4 is 5.32 Å². The van der Waals surface area contributed by atoms with Crippen molar-refractivity contribution in [2.45, 2.75) is 360 Å². The maximum atomic E-state index is 12.5. The van der Waals surface area contributed by atoms with Crippen molar-refractivity contribution in [3.8, 4) is 0 Å². The number of unbranched alkanes of at least 4 members (excludes halogenated alkanes) is 45. The zero-order chi connectivity index (χ0) is 52.2. The second-order valence-electron chi connectivity index (χ2n) is 22.1. The average molecular weight is 1010 g/mol. The van der Waals surface area contributed by atoms with E-state index in [-0.39, 0.29) is 18.5 Å². The molecule has 72 heavy (non-hydrogen) atoms. The van der Waals surface area contributed by atoms with Crippen LogP contribution in [-0.4, -0.2) is 47.4 Å². The van der Waals surface area contributed by atoms with Gasteiger partial charge in [-0.1, -0.05) is 314 Å². The smallest absolute Gasteiger partial charge is 0.305 e. The molecule has 0 heterocycles. The second-order valence-corrected chi connectivity index (χ2v) is 22.1. The van der Waals surface area contributed by atoms with Crippen LogP contribution in [0.5, 0.6) is 0 Å². The lowest BCUT2D eigenvalue weighted by Gasteiger charge is -2.20. The summed E-state index contributed by atoms with van der Waals surface area (Å²) < 4.78 is 5.48. The molecule has 0 saturated heterocycles. The van der Waals surface area contributed by atoms with E-state index in [0.29, 0.717) is 19.4 Å². The molecule has 6 nitrogen and oxygen atoms in total. The molecule has 0 spiro atoms. The van der Waals surface area contributed by atoms with Gasteiger partial charge in [0.05, 0.1) is 25.4 Å². The van der Waals surface area contributed by atoms with Gasteiger partial charge >= 0.3 is 5.97 Å². The first-order chi connectivity index (χ1) is 35.5. The number of nitrogens with one attached hydrogen (secondary N) is 1. The number of aliphatic hydroxyl groups excluding tert-OH is 2. The number of rotatable bonds is 60. The van der Waals surface area contributed by atoms with Crippen molar-refractivity contribution < 1.29 is 24.5 Å². The monoisotopic (exact) mass is 1010 g/mol. The van der Waals surface area contributed by atoms with Crippen molar-refractivity contribution in [3.05, 3.63) is 36.5 Å². The molecule has 0 aliphatic rings. The molecular formula is C66H125NO5. The molecule has 0 aliphatic heterocycles. The van der Waals surface area contributed by atoms with Gasteiger partial charge in [-0.3, -0.25) is 9.59 Å². The Bertz CT molecular complexity index is 1170. The molecule has 2 unspecified atom stereocenters. The Balaban J connectivity index is 3.39. The Labute approximate surface area is 449 Å². The molecule has 0 fully saturated rings. The highest BCUT2D eigenvalue weighted by Crippen LogP contribution is 2.18. The first-order valence-electron chi connectivity index (χ1n) is 32.3. The predicted molar refractivity (Wildman–Crippen MR) is 315 cm³/mol. The van der Waals surface area contributed by atoms with Gasteiger partial charge in [0, 0.05) is 12.8 Å². The van der Waals surface area contributed by atoms with Crippen LogP contribution in [0.25, 0.3) is 0 Å². The minimum absolute atomic E-state index is 0.00138. The van der Waals surface area contributed by atoms with Gasteiger partial charge in [0.25, 0.3) is 0 Å². The number of allylic oxidation sites excluding steroid dienone is 5. The standard InChI is InChI=1S/C66H125NO5/c1-3-5-7-9-11-13-15-17-19-31-34-38-42-46-50-54-58-64(69)63(62-68)67-65(70)59-55-51-47-43-39-35-32-29-27-25-23-21-20-22-24-26-28-30-33-37-41-45-49-53-57-61-72-66(71)60-56-52-48-44-40-36-18-16-14-12-10-8-6-4-2/h10,12,16,18,54,58,63-64,68-69H,3-9,11,13-15,17,19-53,55-57,59-62H2,1-2H3,(H,67,70)/b12-10-,18-16-,58-54+. The Morgan fingerprint density at radius 1 is 0.389 bits per heavy atom. The van der Waals surface area contributed by atoms with Crippen LogP contribution >= 0.6 is 0 Å². The lowest BCUT2D eigenvalue weighted by molar-refractivity contribution is -0.143. The van der Waals surface area contributed by atoms with E-state index >= 15 is 0 Å². The molecule has 424 valence electrons. The zero-order valence-electron chi connectivity index (χ0n) is 48.4. The molecule has 0 aromatic carbocycles. The number of carbonyl (C=O) groups excluding carboxylic acids is 2. The van der Waals surface area contributed by atoms with E-state index in [2.05, 4.69) is 43.5 Å². The topological polar surface area (TPSA) is 95.9 Å². The van der Waals surface area contributed by atoms with Crippen LogP contribution in [0.4, 0.5) is 0 Å². The summed E-state index contributed by atoms with van der Waals surface area (Å²) in [5.41, 5.74) is 0. The first-order valence-corrected chi connectivity index (χ1v) is 32.3. The summed E-state index contributed by atoms with van der Waals surface area (Å²) in [7, 11) is 0. The van der Waals surface area contributed by atoms with Crippen molar-refractivity contribution in [1.82, 2.24) is 5.32 Å². The van der Waals surface area contributed by atoms with Gasteiger partial charge < -0.3 is 20.3 Å². The molecule has 0 saturated carbocycles. The van der Waals surface area contributed by atoms with Gasteiger partial charge in [-0.15, -0.1) is 0 Å². The molecular weight excluding hydrogens is 887 g/mol. The Morgan fingerprint density at radius 2 is 0.708 bits per heavy atom. The third-order valence-corrected chi connectivity index (χ3v) is 14.9. The number of hydrogen-bond acceptors (Lipinski definition) is 5. The maximum absolute atomic E-state index is 12.5. The van der Waals surface area contributed by atoms with E-state index in [4.69, 9.17) is 4.74 Å². The van der Waals surface area contributed by atoms with Crippen molar-refractivity contribution in [2.24, 2.45) is 0 Å². The number of esters is 1. The molecule has 1 amide bonds. The van der Waals surface area contributed by atoms with Crippen LogP contribution in [0.3, 0.4) is 0 Å². The molecule has 0 aromatic heterocycles. The van der Waals surface area contributed by atoms with Gasteiger partial charge in [0.1, 0.15) is 0 Å². The number of aliphatic hydroxyl groups is 2. The fourth-order valence-electron chi connectivity index (χ4n) is 9.95. The van der Waals surface area contributed by atoms with E-state index in [1.165, 1.54) is 270 Å². The van der Waals surface area contributed by atoms with Gasteiger partial charge in [-0.05, 0) is 57.8 Å². The number of amides is 1. The molecule has 0 aliphatic carbocycles. The van der Waals surface area contributed by atoms with E-state index < -0.39 is 12.1 Å². The third kappa shape index (κ3) is 57.4. The average Bonchev–Trinajstić information content (AvgIpc) is 3.38. The van der Waals surface area contributed by atoms with E-state index in [1.807, 2.05) is 6.08 Å². The predicted octanol–water partition coefficient (Wildman–Crippen LogP) is 20.4. The van der Waals surface area contributed by atoms with E-state index in [9.17, 15) is 19.8 Å². The maximum Gasteiger partial charge on any atom is 0.305 e. The summed E-state index contributed by atoms with van der Waals surface area (Å²) in [6, 6.07) is -0.627. The van der Waals surface area contributed by atoms with E-state index in [1.54, 1.807) is 6.08 Å². The largest absolute Gasteiger partial charge is 0.466 e. The SMILES string of the molecule is CCCC/C=C\C/C=C\CCCCCCCC(=O)OCCCCCCCCCCCCCCCCCCCCCCCCCCCC(=O)NC(CO)C(O)/C=C/CCCCCCCCCCCCCCCC. The van der Waals surface area contributed by atoms with Crippen molar-refractivity contribution in [3.63, 3.8) is 0 Å². The molecule has 6 heteroatoms. The van der Waals surface area contributed by atoms with Crippen molar-refractivity contribution in [1.29, 1.82) is 0 Å². The Morgan fingerprint density at radius 3 is 1.10 bits per heavy atom. The lowest BCUT2D eigenvalue weighted by Crippen LogP contribution is -2.45. The van der Waals surface area contributed by atoms with Crippen LogP contribution in [0.15, 0.2) is 36.5 Å². The molecule has 2 atom stereocenters. The number of ether oxygens (including phenoxy) is 1. The van der Waals surface area contributed by atoms with E-state index in [0.717, 1.165) is 51.4 Å². The molecule has 3 N–H and O–H groups in total. The molecule has 0 aromatic rings. The van der Waals surface area contributed by atoms with Crippen LogP contribution in [0.2, 0.25) is 0 Å².